The van der Waals surface area contributed by atoms with Crippen molar-refractivity contribution in [2.24, 2.45) is 0 Å². The van der Waals surface area contributed by atoms with Gasteiger partial charge in [-0.3, -0.25) is 0 Å². The topological polar surface area (TPSA) is 38.9 Å². The average molecular weight is 492 g/mol. The number of aromatic nitrogens is 4. The van der Waals surface area contributed by atoms with E-state index >= 15 is 0 Å². The highest BCUT2D eigenvalue weighted by Gasteiger charge is 2.14. The van der Waals surface area contributed by atoms with Crippen LogP contribution in [0, 0.1) is 0 Å². The van der Waals surface area contributed by atoms with Crippen LogP contribution in [-0.2, 0) is 6.54 Å². The number of anilines is 2. The third-order valence-corrected chi connectivity index (χ3v) is 6.82. The van der Waals surface area contributed by atoms with Crippen LogP contribution in [0.4, 0.5) is 11.4 Å². The number of hydrogen-bond acceptors (Lipinski definition) is 3. The Morgan fingerprint density at radius 3 is 1.53 bits per heavy atom. The molecule has 0 atom stereocenters. The Balaban J connectivity index is 1.31. The van der Waals surface area contributed by atoms with Crippen LogP contribution in [0.5, 0.6) is 0 Å². The van der Waals surface area contributed by atoms with E-state index in [9.17, 15) is 0 Å². The highest BCUT2D eigenvalue weighted by molar-refractivity contribution is 5.79. The van der Waals surface area contributed by atoms with Gasteiger partial charge < -0.3 is 4.90 Å². The van der Waals surface area contributed by atoms with Crippen molar-refractivity contribution < 1.29 is 0 Å². The molecule has 5 aromatic carbocycles. The van der Waals surface area contributed by atoms with Gasteiger partial charge in [-0.2, -0.15) is 10.2 Å². The summed E-state index contributed by atoms with van der Waals surface area (Å²) < 4.78 is 3.92. The Labute approximate surface area is 220 Å². The second-order valence-electron chi connectivity index (χ2n) is 9.38. The summed E-state index contributed by atoms with van der Waals surface area (Å²) in [6.45, 7) is 0.732. The molecule has 0 spiro atoms. The molecular formula is C33H25N5. The van der Waals surface area contributed by atoms with E-state index in [1.807, 2.05) is 45.8 Å². The van der Waals surface area contributed by atoms with Gasteiger partial charge in [0.25, 0.3) is 0 Å². The zero-order valence-electron chi connectivity index (χ0n) is 20.7. The van der Waals surface area contributed by atoms with E-state index in [1.165, 1.54) is 5.56 Å². The maximum Gasteiger partial charge on any atom is 0.0927 e. The van der Waals surface area contributed by atoms with E-state index < -0.39 is 0 Å². The Morgan fingerprint density at radius 2 is 1.00 bits per heavy atom. The fourth-order valence-corrected chi connectivity index (χ4v) is 4.90. The summed E-state index contributed by atoms with van der Waals surface area (Å²) in [7, 11) is 0. The molecule has 0 saturated carbocycles. The van der Waals surface area contributed by atoms with Gasteiger partial charge >= 0.3 is 0 Å². The summed E-state index contributed by atoms with van der Waals surface area (Å²) in [5.74, 6) is 0. The molecular weight excluding hydrogens is 466 g/mol. The summed E-state index contributed by atoms with van der Waals surface area (Å²) in [5.41, 5.74) is 7.43. The SMILES string of the molecule is c1ccc(CN(c2cccc(-n3cc4ccccc4n3)c2)c2cccc(-n3cc4ccccc4n3)c2)cc1. The normalized spacial score (nSPS) is 11.3. The smallest absolute Gasteiger partial charge is 0.0927 e. The predicted molar refractivity (Wildman–Crippen MR) is 154 cm³/mol. The molecule has 0 radical (unpaired) electrons. The van der Waals surface area contributed by atoms with Gasteiger partial charge in [0, 0.05) is 41.1 Å². The van der Waals surface area contributed by atoms with Crippen LogP contribution in [0.25, 0.3) is 33.2 Å². The first-order valence-corrected chi connectivity index (χ1v) is 12.7. The summed E-state index contributed by atoms with van der Waals surface area (Å²) in [6.07, 6.45) is 4.16. The second-order valence-corrected chi connectivity index (χ2v) is 9.38. The third-order valence-electron chi connectivity index (χ3n) is 6.82. The highest BCUT2D eigenvalue weighted by atomic mass is 15.3. The molecule has 0 fully saturated rings. The lowest BCUT2D eigenvalue weighted by atomic mass is 10.1. The van der Waals surface area contributed by atoms with Gasteiger partial charge in [0.15, 0.2) is 0 Å². The quantitative estimate of drug-likeness (QED) is 0.239. The van der Waals surface area contributed by atoms with Gasteiger partial charge in [-0.05, 0) is 54.1 Å². The van der Waals surface area contributed by atoms with Crippen LogP contribution in [0.2, 0.25) is 0 Å². The van der Waals surface area contributed by atoms with Crippen molar-refractivity contribution in [3.05, 3.63) is 145 Å². The number of nitrogens with zero attached hydrogens (tertiary/aromatic N) is 5. The van der Waals surface area contributed by atoms with E-state index in [4.69, 9.17) is 10.2 Å². The Kier molecular flexibility index (Phi) is 5.44. The molecule has 5 nitrogen and oxygen atoms in total. The summed E-state index contributed by atoms with van der Waals surface area (Å²) in [5, 5.41) is 11.8. The number of rotatable bonds is 6. The van der Waals surface area contributed by atoms with Gasteiger partial charge in [0.05, 0.1) is 22.4 Å². The zero-order valence-corrected chi connectivity index (χ0v) is 20.7. The molecule has 0 amide bonds. The number of fused-ring (bicyclic) bond motifs is 2. The Morgan fingerprint density at radius 1 is 0.500 bits per heavy atom. The zero-order chi connectivity index (χ0) is 25.3. The van der Waals surface area contributed by atoms with Crippen molar-refractivity contribution in [2.45, 2.75) is 6.54 Å². The molecule has 7 rings (SSSR count). The standard InChI is InChI=1S/C33H25N5/c1-2-10-25(11-3-1)22-36(28-14-8-16-30(20-28)37-23-26-12-4-6-18-32(26)34-37)29-15-9-17-31(21-29)38-24-27-13-5-7-19-33(27)35-38/h1-21,23-24H,22H2. The molecule has 0 bridgehead atoms. The minimum absolute atomic E-state index is 0.732. The number of hydrogen-bond donors (Lipinski definition) is 0. The van der Waals surface area contributed by atoms with Crippen LogP contribution >= 0.6 is 0 Å². The van der Waals surface area contributed by atoms with Gasteiger partial charge in [-0.1, -0.05) is 78.9 Å². The Bertz CT molecular complexity index is 1680. The largest absolute Gasteiger partial charge is 0.337 e. The lowest BCUT2D eigenvalue weighted by Crippen LogP contribution is -2.17. The first kappa shape index (κ1) is 22.1. The lowest BCUT2D eigenvalue weighted by Gasteiger charge is -2.26. The minimum atomic E-state index is 0.732. The van der Waals surface area contributed by atoms with Crippen LogP contribution < -0.4 is 4.90 Å². The first-order chi connectivity index (χ1) is 18.8. The van der Waals surface area contributed by atoms with Gasteiger partial charge in [-0.25, -0.2) is 9.36 Å². The third kappa shape index (κ3) is 4.20. The van der Waals surface area contributed by atoms with Crippen LogP contribution in [0.3, 0.4) is 0 Å². The van der Waals surface area contributed by atoms with Crippen molar-refractivity contribution in [3.8, 4) is 11.4 Å². The second kappa shape index (κ2) is 9.37. The molecule has 0 aliphatic heterocycles. The fraction of sp³-hybridized carbons (Fsp3) is 0.0303. The van der Waals surface area contributed by atoms with Crippen LogP contribution in [0.1, 0.15) is 5.56 Å². The maximum absolute atomic E-state index is 4.80. The van der Waals surface area contributed by atoms with Crippen LogP contribution in [-0.4, -0.2) is 19.6 Å². The van der Waals surface area contributed by atoms with Crippen molar-refractivity contribution in [1.82, 2.24) is 19.6 Å². The molecule has 2 heterocycles. The fourth-order valence-electron chi connectivity index (χ4n) is 4.90. The molecule has 182 valence electrons. The molecule has 0 aliphatic rings. The van der Waals surface area contributed by atoms with Gasteiger partial charge in [0.1, 0.15) is 0 Å². The molecule has 2 aromatic heterocycles. The Hall–Kier alpha value is -5.16. The van der Waals surface area contributed by atoms with E-state index in [1.54, 1.807) is 0 Å². The molecule has 0 aliphatic carbocycles. The van der Waals surface area contributed by atoms with Gasteiger partial charge in [0.2, 0.25) is 0 Å². The van der Waals surface area contributed by atoms with E-state index in [-0.39, 0.29) is 0 Å². The lowest BCUT2D eigenvalue weighted by molar-refractivity contribution is 0.887. The predicted octanol–water partition coefficient (Wildman–Crippen LogP) is 7.70. The number of benzene rings is 5. The molecule has 7 aromatic rings. The van der Waals surface area contributed by atoms with Crippen molar-refractivity contribution >= 4 is 33.2 Å². The minimum Gasteiger partial charge on any atom is -0.337 e. The molecule has 38 heavy (non-hydrogen) atoms. The van der Waals surface area contributed by atoms with E-state index in [0.717, 1.165) is 51.1 Å². The average Bonchev–Trinajstić information content (AvgIpc) is 3.61. The highest BCUT2D eigenvalue weighted by Crippen LogP contribution is 2.31. The van der Waals surface area contributed by atoms with E-state index in [2.05, 4.69) is 108 Å². The van der Waals surface area contributed by atoms with Crippen molar-refractivity contribution in [1.29, 1.82) is 0 Å². The summed E-state index contributed by atoms with van der Waals surface area (Å²) in [6, 6.07) is 44.1. The van der Waals surface area contributed by atoms with Crippen molar-refractivity contribution in [2.75, 3.05) is 4.90 Å². The van der Waals surface area contributed by atoms with E-state index in [0.29, 0.717) is 0 Å². The molecule has 0 N–H and O–H groups in total. The monoisotopic (exact) mass is 491 g/mol. The summed E-state index contributed by atoms with van der Waals surface area (Å²) in [4.78, 5) is 2.34. The van der Waals surface area contributed by atoms with Crippen LogP contribution in [0.15, 0.2) is 140 Å². The maximum atomic E-state index is 4.80. The molecule has 0 saturated heterocycles. The molecule has 0 unspecified atom stereocenters. The van der Waals surface area contributed by atoms with Gasteiger partial charge in [-0.15, -0.1) is 0 Å². The van der Waals surface area contributed by atoms with Crippen molar-refractivity contribution in [3.63, 3.8) is 0 Å². The summed E-state index contributed by atoms with van der Waals surface area (Å²) >= 11 is 0. The first-order valence-electron chi connectivity index (χ1n) is 12.7. The molecule has 5 heteroatoms.